The van der Waals surface area contributed by atoms with Crippen LogP contribution in [0.3, 0.4) is 0 Å². The molecular weight excluding hydrogens is 626 g/mol. The first-order valence-corrected chi connectivity index (χ1v) is 20.1. The van der Waals surface area contributed by atoms with E-state index in [1.54, 1.807) is 59.3 Å². The number of halogens is 1. The van der Waals surface area contributed by atoms with E-state index in [1.165, 1.54) is 5.57 Å². The standard InChI is InChI=1S/C38H50FN3O5Si/c1-25(2)12-10-13-26(3)19-21-42-32-18-17-29(40-36(45)28-14-8-7-9-15-28)22-31(32)38(37(42)46)27(4)35(48(5,6)39)33(47-38)23-34(44)41-20-11-16-30(41)24-43/h7-9,12,14-15,17-19,22,27,30,33,35,43H,10-11,13,16,20-21,23-24H2,1-6H3,(H,40,45)/b26-19+/t27-,30+,33+,35-,38+/m1/s1. The smallest absolute Gasteiger partial charge is 0.264 e. The lowest BCUT2D eigenvalue weighted by molar-refractivity contribution is -0.149. The van der Waals surface area contributed by atoms with Crippen LogP contribution in [0, 0.1) is 5.92 Å². The first-order chi connectivity index (χ1) is 22.8. The lowest BCUT2D eigenvalue weighted by atomic mass is 9.82. The number of likely N-dealkylation sites (tertiary alicyclic amines) is 1. The van der Waals surface area contributed by atoms with Gasteiger partial charge in [0.2, 0.25) is 14.3 Å². The molecule has 0 unspecified atom stereocenters. The van der Waals surface area contributed by atoms with Gasteiger partial charge in [-0.3, -0.25) is 14.4 Å². The van der Waals surface area contributed by atoms with E-state index in [0.29, 0.717) is 35.6 Å². The predicted octanol–water partition coefficient (Wildman–Crippen LogP) is 7.13. The fourth-order valence-electron chi connectivity index (χ4n) is 7.88. The van der Waals surface area contributed by atoms with E-state index in [4.69, 9.17) is 4.74 Å². The molecule has 2 N–H and O–H groups in total. The van der Waals surface area contributed by atoms with Crippen molar-refractivity contribution in [3.8, 4) is 0 Å². The normalized spacial score (nSPS) is 25.5. The number of carbonyl (C=O) groups is 3. The van der Waals surface area contributed by atoms with Gasteiger partial charge in [-0.15, -0.1) is 0 Å². The third kappa shape index (κ3) is 7.07. The van der Waals surface area contributed by atoms with Crippen LogP contribution in [-0.2, 0) is 19.9 Å². The zero-order valence-electron chi connectivity index (χ0n) is 29.1. The fraction of sp³-hybridized carbons (Fsp3) is 0.500. The fourth-order valence-corrected chi connectivity index (χ4v) is 10.4. The van der Waals surface area contributed by atoms with Crippen LogP contribution in [0.15, 0.2) is 71.8 Å². The van der Waals surface area contributed by atoms with E-state index < -0.39 is 31.6 Å². The maximum atomic E-state index is 16.4. The van der Waals surface area contributed by atoms with Crippen molar-refractivity contribution in [1.82, 2.24) is 4.90 Å². The highest BCUT2D eigenvalue weighted by molar-refractivity contribution is 6.72. The quantitative estimate of drug-likeness (QED) is 0.150. The molecule has 0 aliphatic carbocycles. The van der Waals surface area contributed by atoms with Gasteiger partial charge < -0.3 is 29.1 Å². The number of nitrogens with one attached hydrogen (secondary N) is 1. The van der Waals surface area contributed by atoms with Crippen molar-refractivity contribution in [3.63, 3.8) is 0 Å². The number of ether oxygens (including phenoxy) is 1. The van der Waals surface area contributed by atoms with E-state index in [-0.39, 0.29) is 36.8 Å². The Labute approximate surface area is 285 Å². The Bertz CT molecular complexity index is 1580. The van der Waals surface area contributed by atoms with Crippen molar-refractivity contribution in [2.45, 2.75) is 96.2 Å². The molecule has 0 aromatic heterocycles. The van der Waals surface area contributed by atoms with Gasteiger partial charge in [0.05, 0.1) is 30.9 Å². The number of aliphatic hydroxyl groups is 1. The van der Waals surface area contributed by atoms with Crippen molar-refractivity contribution in [2.24, 2.45) is 5.92 Å². The molecule has 2 aromatic rings. The Hall–Kier alpha value is -3.60. The number of aliphatic hydroxyl groups excluding tert-OH is 1. The number of anilines is 2. The number of benzene rings is 2. The van der Waals surface area contributed by atoms with Gasteiger partial charge in [-0.1, -0.05) is 48.4 Å². The summed E-state index contributed by atoms with van der Waals surface area (Å²) in [5.74, 6) is -1.33. The van der Waals surface area contributed by atoms with Crippen molar-refractivity contribution in [2.75, 3.05) is 29.9 Å². The molecule has 8 nitrogen and oxygen atoms in total. The summed E-state index contributed by atoms with van der Waals surface area (Å²) in [5, 5.41) is 12.8. The van der Waals surface area contributed by atoms with Gasteiger partial charge in [0.15, 0.2) is 5.60 Å². The lowest BCUT2D eigenvalue weighted by Gasteiger charge is -2.31. The molecule has 1 spiro atoms. The lowest BCUT2D eigenvalue weighted by Crippen LogP contribution is -2.45. The molecule has 2 saturated heterocycles. The van der Waals surface area contributed by atoms with E-state index in [9.17, 15) is 19.5 Å². The largest absolute Gasteiger partial charge is 0.394 e. The molecule has 3 aliphatic rings. The minimum atomic E-state index is -3.50. The molecule has 48 heavy (non-hydrogen) atoms. The number of allylic oxidation sites excluding steroid dienone is 3. The van der Waals surface area contributed by atoms with Gasteiger partial charge in [-0.05, 0) is 89.9 Å². The third-order valence-electron chi connectivity index (χ3n) is 10.3. The number of hydrogen-bond donors (Lipinski definition) is 2. The highest BCUT2D eigenvalue weighted by Crippen LogP contribution is 2.60. The minimum absolute atomic E-state index is 0.0654. The first-order valence-electron chi connectivity index (χ1n) is 17.2. The van der Waals surface area contributed by atoms with Gasteiger partial charge >= 0.3 is 0 Å². The van der Waals surface area contributed by atoms with Crippen molar-refractivity contribution in [3.05, 3.63) is 83.0 Å². The number of hydrogen-bond acceptors (Lipinski definition) is 5. The van der Waals surface area contributed by atoms with Crippen LogP contribution < -0.4 is 10.2 Å². The minimum Gasteiger partial charge on any atom is -0.394 e. The number of rotatable bonds is 11. The average molecular weight is 676 g/mol. The van der Waals surface area contributed by atoms with E-state index in [0.717, 1.165) is 31.3 Å². The number of fused-ring (bicyclic) bond motifs is 2. The maximum absolute atomic E-state index is 16.4. The van der Waals surface area contributed by atoms with E-state index in [1.807, 2.05) is 19.1 Å². The molecule has 10 heteroatoms. The van der Waals surface area contributed by atoms with Crippen molar-refractivity contribution in [1.29, 1.82) is 0 Å². The molecule has 0 radical (unpaired) electrons. The summed E-state index contributed by atoms with van der Waals surface area (Å²) in [6.45, 7) is 12.0. The molecule has 5 atom stereocenters. The Balaban J connectivity index is 1.53. The molecule has 2 aromatic carbocycles. The highest BCUT2D eigenvalue weighted by atomic mass is 28.4. The van der Waals surface area contributed by atoms with Gasteiger partial charge in [0, 0.05) is 41.4 Å². The topological polar surface area (TPSA) is 99.2 Å². The average Bonchev–Trinajstić information content (AvgIpc) is 3.70. The van der Waals surface area contributed by atoms with Crippen LogP contribution in [0.2, 0.25) is 18.6 Å². The van der Waals surface area contributed by atoms with Crippen LogP contribution in [0.1, 0.15) is 75.7 Å². The van der Waals surface area contributed by atoms with Crippen LogP contribution in [0.25, 0.3) is 0 Å². The summed E-state index contributed by atoms with van der Waals surface area (Å²) < 4.78 is 23.2. The number of carbonyl (C=O) groups excluding carboxylic acids is 3. The van der Waals surface area contributed by atoms with Gasteiger partial charge in [0.25, 0.3) is 11.8 Å². The van der Waals surface area contributed by atoms with Crippen LogP contribution >= 0.6 is 0 Å². The molecular formula is C38H50FN3O5Si. The van der Waals surface area contributed by atoms with Crippen LogP contribution in [0.5, 0.6) is 0 Å². The Morgan fingerprint density at radius 2 is 1.85 bits per heavy atom. The van der Waals surface area contributed by atoms with E-state index in [2.05, 4.69) is 38.2 Å². The SMILES string of the molecule is CC(C)=CCC/C(C)=C/CN1C(=O)[C@@]2(O[C@@H](CC(=O)N3CCC[C@H]3CO)[C@H]([Si](C)(C)F)[C@H]2C)c2cc(NC(=O)c3ccccc3)ccc21. The third-order valence-corrected chi connectivity index (χ3v) is 12.7. The van der Waals surface area contributed by atoms with Gasteiger partial charge in [0.1, 0.15) is 0 Å². The zero-order chi connectivity index (χ0) is 34.8. The van der Waals surface area contributed by atoms with E-state index >= 15 is 4.11 Å². The second-order valence-electron chi connectivity index (χ2n) is 14.4. The molecule has 0 saturated carbocycles. The van der Waals surface area contributed by atoms with Crippen LogP contribution in [0.4, 0.5) is 15.5 Å². The van der Waals surface area contributed by atoms with Crippen LogP contribution in [-0.4, -0.2) is 68.0 Å². The molecule has 3 aliphatic heterocycles. The molecule has 2 fully saturated rings. The van der Waals surface area contributed by atoms with Gasteiger partial charge in [-0.25, -0.2) is 0 Å². The highest BCUT2D eigenvalue weighted by Gasteiger charge is 2.67. The Kier molecular flexibility index (Phi) is 10.8. The molecule has 5 rings (SSSR count). The molecule has 0 bridgehead atoms. The molecule has 3 amide bonds. The molecule has 3 heterocycles. The monoisotopic (exact) mass is 675 g/mol. The maximum Gasteiger partial charge on any atom is 0.264 e. The van der Waals surface area contributed by atoms with Gasteiger partial charge in [-0.2, -0.15) is 0 Å². The van der Waals surface area contributed by atoms with Crippen molar-refractivity contribution < 1.29 is 28.3 Å². The first kappa shape index (κ1) is 35.7. The molecule has 258 valence electrons. The summed E-state index contributed by atoms with van der Waals surface area (Å²) in [5.41, 5.74) is 2.47. The second kappa shape index (κ2) is 14.5. The van der Waals surface area contributed by atoms with Crippen molar-refractivity contribution >= 4 is 37.5 Å². The predicted molar refractivity (Wildman–Crippen MR) is 190 cm³/mol. The summed E-state index contributed by atoms with van der Waals surface area (Å²) in [4.78, 5) is 44.9. The Morgan fingerprint density at radius 1 is 1.12 bits per heavy atom. The number of nitrogens with zero attached hydrogens (tertiary/aromatic N) is 2. The number of amides is 3. The Morgan fingerprint density at radius 3 is 2.52 bits per heavy atom. The summed E-state index contributed by atoms with van der Waals surface area (Å²) >= 11 is 0. The second-order valence-corrected chi connectivity index (χ2v) is 18.2. The summed E-state index contributed by atoms with van der Waals surface area (Å²) in [6.07, 6.45) is 6.66. The zero-order valence-corrected chi connectivity index (χ0v) is 30.1. The summed E-state index contributed by atoms with van der Waals surface area (Å²) in [7, 11) is -3.50. The summed E-state index contributed by atoms with van der Waals surface area (Å²) in [6, 6.07) is 14.0.